The van der Waals surface area contributed by atoms with Crippen LogP contribution in [0.25, 0.3) is 0 Å². The van der Waals surface area contributed by atoms with E-state index in [1.165, 1.54) is 51.6 Å². The highest BCUT2D eigenvalue weighted by molar-refractivity contribution is 4.90. The summed E-state index contributed by atoms with van der Waals surface area (Å²) < 4.78 is 0. The number of nitrogens with one attached hydrogen (secondary N) is 1. The van der Waals surface area contributed by atoms with Crippen LogP contribution in [0, 0.1) is 5.41 Å². The zero-order valence-corrected chi connectivity index (χ0v) is 12.6. The van der Waals surface area contributed by atoms with E-state index in [1.807, 2.05) is 0 Å². The van der Waals surface area contributed by atoms with Gasteiger partial charge in [-0.3, -0.25) is 0 Å². The molecular formula is C15H32N2. The molecule has 102 valence electrons. The van der Waals surface area contributed by atoms with Crippen molar-refractivity contribution < 1.29 is 0 Å². The lowest BCUT2D eigenvalue weighted by Gasteiger charge is -2.39. The third-order valence-electron chi connectivity index (χ3n) is 4.06. The molecule has 0 atom stereocenters. The van der Waals surface area contributed by atoms with E-state index in [2.05, 4.69) is 45.1 Å². The van der Waals surface area contributed by atoms with Crippen molar-refractivity contribution >= 4 is 0 Å². The van der Waals surface area contributed by atoms with Gasteiger partial charge in [0.05, 0.1) is 0 Å². The summed E-state index contributed by atoms with van der Waals surface area (Å²) in [4.78, 5) is 2.49. The Morgan fingerprint density at radius 2 is 1.71 bits per heavy atom. The molecule has 0 radical (unpaired) electrons. The molecule has 2 heteroatoms. The Balaban J connectivity index is 2.36. The van der Waals surface area contributed by atoms with Gasteiger partial charge in [-0.1, -0.05) is 40.0 Å². The van der Waals surface area contributed by atoms with Gasteiger partial charge in [0.2, 0.25) is 0 Å². The first-order chi connectivity index (χ1) is 7.87. The summed E-state index contributed by atoms with van der Waals surface area (Å²) >= 11 is 0. The second-order valence-electron chi connectivity index (χ2n) is 7.14. The van der Waals surface area contributed by atoms with Crippen LogP contribution in [0.3, 0.4) is 0 Å². The summed E-state index contributed by atoms with van der Waals surface area (Å²) in [6, 6.07) is 0. The standard InChI is InChI=1S/C15H32N2/c1-14(2,3)13-17(5)12-11-15(16-4)9-7-6-8-10-15/h16H,6-13H2,1-5H3. The van der Waals surface area contributed by atoms with Crippen molar-refractivity contribution in [2.45, 2.75) is 64.8 Å². The molecule has 0 spiro atoms. The summed E-state index contributed by atoms with van der Waals surface area (Å²) in [6.45, 7) is 9.36. The van der Waals surface area contributed by atoms with Crippen molar-refractivity contribution in [2.75, 3.05) is 27.2 Å². The molecule has 17 heavy (non-hydrogen) atoms. The van der Waals surface area contributed by atoms with Crippen molar-refractivity contribution in [1.82, 2.24) is 10.2 Å². The van der Waals surface area contributed by atoms with Crippen molar-refractivity contribution in [1.29, 1.82) is 0 Å². The van der Waals surface area contributed by atoms with E-state index in [1.54, 1.807) is 0 Å². The molecule has 0 amide bonds. The Labute approximate surface area is 108 Å². The van der Waals surface area contributed by atoms with Gasteiger partial charge in [-0.05, 0) is 45.3 Å². The van der Waals surface area contributed by atoms with Gasteiger partial charge >= 0.3 is 0 Å². The molecule has 0 unspecified atom stereocenters. The molecule has 1 rings (SSSR count). The fourth-order valence-electron chi connectivity index (χ4n) is 3.15. The van der Waals surface area contributed by atoms with Gasteiger partial charge in [-0.15, -0.1) is 0 Å². The monoisotopic (exact) mass is 240 g/mol. The molecule has 0 aliphatic heterocycles. The maximum Gasteiger partial charge on any atom is 0.0190 e. The molecule has 0 aromatic carbocycles. The Bertz CT molecular complexity index is 211. The van der Waals surface area contributed by atoms with Gasteiger partial charge in [0, 0.05) is 12.1 Å². The van der Waals surface area contributed by atoms with E-state index in [0.29, 0.717) is 11.0 Å². The minimum atomic E-state index is 0.411. The second-order valence-corrected chi connectivity index (χ2v) is 7.14. The molecule has 0 aromatic rings. The lowest BCUT2D eigenvalue weighted by Crippen LogP contribution is -2.47. The third kappa shape index (κ3) is 5.39. The first-order valence-electron chi connectivity index (χ1n) is 7.24. The Morgan fingerprint density at radius 1 is 1.12 bits per heavy atom. The highest BCUT2D eigenvalue weighted by Gasteiger charge is 2.30. The predicted molar refractivity (Wildman–Crippen MR) is 76.4 cm³/mol. The van der Waals surface area contributed by atoms with Gasteiger partial charge in [0.15, 0.2) is 0 Å². The average molecular weight is 240 g/mol. The second kappa shape index (κ2) is 6.19. The molecule has 0 bridgehead atoms. The normalized spacial score (nSPS) is 20.8. The van der Waals surface area contributed by atoms with Crippen LogP contribution < -0.4 is 5.32 Å². The summed E-state index contributed by atoms with van der Waals surface area (Å²) in [7, 11) is 4.41. The molecule has 1 saturated carbocycles. The van der Waals surface area contributed by atoms with Crippen LogP contribution >= 0.6 is 0 Å². The number of nitrogens with zero attached hydrogens (tertiary/aromatic N) is 1. The van der Waals surface area contributed by atoms with Crippen LogP contribution in [0.2, 0.25) is 0 Å². The molecule has 0 heterocycles. The Morgan fingerprint density at radius 3 is 2.18 bits per heavy atom. The zero-order valence-electron chi connectivity index (χ0n) is 12.6. The van der Waals surface area contributed by atoms with Crippen LogP contribution in [0.5, 0.6) is 0 Å². The topological polar surface area (TPSA) is 15.3 Å². The van der Waals surface area contributed by atoms with Crippen LogP contribution in [-0.2, 0) is 0 Å². The maximum atomic E-state index is 3.61. The minimum Gasteiger partial charge on any atom is -0.314 e. The highest BCUT2D eigenvalue weighted by Crippen LogP contribution is 2.31. The van der Waals surface area contributed by atoms with E-state index in [4.69, 9.17) is 0 Å². The van der Waals surface area contributed by atoms with Gasteiger partial charge in [-0.25, -0.2) is 0 Å². The van der Waals surface area contributed by atoms with Crippen LogP contribution in [0.1, 0.15) is 59.3 Å². The van der Waals surface area contributed by atoms with Crippen LogP contribution in [0.15, 0.2) is 0 Å². The molecule has 0 aromatic heterocycles. The van der Waals surface area contributed by atoms with Crippen molar-refractivity contribution in [3.05, 3.63) is 0 Å². The maximum absolute atomic E-state index is 3.61. The van der Waals surface area contributed by atoms with Gasteiger partial charge < -0.3 is 10.2 Å². The number of rotatable bonds is 5. The Kier molecular flexibility index (Phi) is 5.46. The number of hydrogen-bond acceptors (Lipinski definition) is 2. The summed E-state index contributed by atoms with van der Waals surface area (Å²) in [6.07, 6.45) is 8.28. The first kappa shape index (κ1) is 15.0. The van der Waals surface area contributed by atoms with Gasteiger partial charge in [0.1, 0.15) is 0 Å². The lowest BCUT2D eigenvalue weighted by atomic mass is 9.79. The SMILES string of the molecule is CNC1(CCN(C)CC(C)(C)C)CCCCC1. The van der Waals surface area contributed by atoms with Crippen molar-refractivity contribution in [3.63, 3.8) is 0 Å². The molecule has 1 aliphatic rings. The largest absolute Gasteiger partial charge is 0.314 e. The summed E-state index contributed by atoms with van der Waals surface area (Å²) in [5.41, 5.74) is 0.846. The number of hydrogen-bond donors (Lipinski definition) is 1. The minimum absolute atomic E-state index is 0.411. The first-order valence-corrected chi connectivity index (χ1v) is 7.24. The zero-order chi connectivity index (χ0) is 12.9. The smallest absolute Gasteiger partial charge is 0.0190 e. The summed E-state index contributed by atoms with van der Waals surface area (Å²) in [5.74, 6) is 0. The molecule has 0 saturated heterocycles. The fraction of sp³-hybridized carbons (Fsp3) is 1.00. The molecule has 1 aliphatic carbocycles. The van der Waals surface area contributed by atoms with Crippen molar-refractivity contribution in [2.24, 2.45) is 5.41 Å². The quantitative estimate of drug-likeness (QED) is 0.793. The molecule has 1 fully saturated rings. The van der Waals surface area contributed by atoms with Crippen molar-refractivity contribution in [3.8, 4) is 0 Å². The molecule has 2 nitrogen and oxygen atoms in total. The summed E-state index contributed by atoms with van der Waals surface area (Å²) in [5, 5.41) is 3.61. The highest BCUT2D eigenvalue weighted by atomic mass is 15.1. The van der Waals surface area contributed by atoms with E-state index in [-0.39, 0.29) is 0 Å². The van der Waals surface area contributed by atoms with E-state index < -0.39 is 0 Å². The third-order valence-corrected chi connectivity index (χ3v) is 4.06. The van der Waals surface area contributed by atoms with E-state index in [9.17, 15) is 0 Å². The fourth-order valence-corrected chi connectivity index (χ4v) is 3.15. The molecular weight excluding hydrogens is 208 g/mol. The molecule has 1 N–H and O–H groups in total. The van der Waals surface area contributed by atoms with Crippen LogP contribution in [0.4, 0.5) is 0 Å². The average Bonchev–Trinajstić information content (AvgIpc) is 2.25. The van der Waals surface area contributed by atoms with E-state index >= 15 is 0 Å². The lowest BCUT2D eigenvalue weighted by molar-refractivity contribution is 0.171. The Hall–Kier alpha value is -0.0800. The van der Waals surface area contributed by atoms with Gasteiger partial charge in [-0.2, -0.15) is 0 Å². The van der Waals surface area contributed by atoms with E-state index in [0.717, 1.165) is 0 Å². The predicted octanol–water partition coefficient (Wildman–Crippen LogP) is 3.28. The van der Waals surface area contributed by atoms with Crippen LogP contribution in [-0.4, -0.2) is 37.6 Å². The van der Waals surface area contributed by atoms with Gasteiger partial charge in [0.25, 0.3) is 0 Å².